The SMILES string of the molecule is CCCCC1=Cc2c(-c3ccc(C(C)(C)C)cc3)ccc(C)c2[CH]1[Zr+2][CH]1C(C(C)C)=Cc2c(-c3ccc(C(C)(C)C)cc3)cccc21.[Cl-].[Cl-]. The number of aryl methyl sites for hydroxylation is 1. The maximum Gasteiger partial charge on any atom is -1.00 e. The van der Waals surface area contributed by atoms with Crippen LogP contribution in [-0.2, 0) is 34.1 Å². The molecule has 0 radical (unpaired) electrons. The molecule has 256 valence electrons. The van der Waals surface area contributed by atoms with Crippen LogP contribution in [0.4, 0.5) is 0 Å². The third-order valence-corrected chi connectivity index (χ3v) is 15.4. The zero-order chi connectivity index (χ0) is 33.7. The second kappa shape index (κ2) is 15.6. The molecule has 0 aromatic heterocycles. The smallest absolute Gasteiger partial charge is 1.00 e. The van der Waals surface area contributed by atoms with Crippen molar-refractivity contribution in [3.05, 3.63) is 129 Å². The second-order valence-corrected chi connectivity index (χ2v) is 20.0. The molecule has 0 nitrogen and oxygen atoms in total. The standard InChI is InChI=1S/C24H29.C22H25.2ClH.Zr/c1-6-7-8-18-15-22-17(2)9-14-21(23(22)16-18)19-10-12-20(13-11-19)24(3,4)5;1-15(2)18-13-17-7-6-8-20(21(17)14-18)16-9-11-19(12-10-16)22(3,4)5;;;/h9-16H,6-8H2,1-5H3;6-15H,1-5H3;2*1H;/q;;;;+2/p-2. The Kier molecular flexibility index (Phi) is 12.6. The Balaban J connectivity index is 0.00000270. The van der Waals surface area contributed by atoms with Gasteiger partial charge in [0.25, 0.3) is 0 Å². The van der Waals surface area contributed by atoms with Crippen LogP contribution in [0.1, 0.15) is 128 Å². The van der Waals surface area contributed by atoms with Gasteiger partial charge in [0.2, 0.25) is 0 Å². The number of unbranched alkanes of at least 4 members (excludes halogenated alkanes) is 1. The number of halogens is 2. The average molecular weight is 769 g/mol. The third-order valence-electron chi connectivity index (χ3n) is 10.5. The maximum absolute atomic E-state index is 2.64. The van der Waals surface area contributed by atoms with Gasteiger partial charge in [0.05, 0.1) is 0 Å². The molecule has 6 rings (SSSR count). The summed E-state index contributed by atoms with van der Waals surface area (Å²) in [5.41, 5.74) is 19.7. The van der Waals surface area contributed by atoms with Gasteiger partial charge >= 0.3 is 299 Å². The normalized spacial score (nSPS) is 16.6. The first-order chi connectivity index (χ1) is 22.3. The minimum atomic E-state index is -1.01. The van der Waals surface area contributed by atoms with Crippen molar-refractivity contribution in [3.8, 4) is 22.3 Å². The van der Waals surface area contributed by atoms with Crippen molar-refractivity contribution in [2.75, 3.05) is 0 Å². The molecular formula is C46H54Cl2Zr. The molecule has 0 heterocycles. The molecule has 0 spiro atoms. The Morgan fingerprint density at radius 2 is 1.20 bits per heavy atom. The summed E-state index contributed by atoms with van der Waals surface area (Å²) in [6.07, 6.45) is 8.97. The molecule has 0 saturated carbocycles. The molecule has 2 aliphatic rings. The van der Waals surface area contributed by atoms with Crippen molar-refractivity contribution in [1.82, 2.24) is 0 Å². The van der Waals surface area contributed by atoms with Crippen LogP contribution in [0.15, 0.2) is 90.0 Å². The minimum absolute atomic E-state index is 0. The predicted octanol–water partition coefficient (Wildman–Crippen LogP) is 7.44. The van der Waals surface area contributed by atoms with Crippen molar-refractivity contribution in [2.24, 2.45) is 5.92 Å². The van der Waals surface area contributed by atoms with Crippen molar-refractivity contribution in [1.29, 1.82) is 0 Å². The molecule has 4 aromatic carbocycles. The molecule has 0 bridgehead atoms. The van der Waals surface area contributed by atoms with E-state index in [1.807, 2.05) is 0 Å². The quantitative estimate of drug-likeness (QED) is 0.175. The summed E-state index contributed by atoms with van der Waals surface area (Å²) in [7, 11) is 0. The number of rotatable bonds is 8. The predicted molar refractivity (Wildman–Crippen MR) is 202 cm³/mol. The van der Waals surface area contributed by atoms with Gasteiger partial charge in [0.15, 0.2) is 0 Å². The fourth-order valence-electron chi connectivity index (χ4n) is 7.61. The summed E-state index contributed by atoms with van der Waals surface area (Å²) in [5.74, 6) is 0.544. The summed E-state index contributed by atoms with van der Waals surface area (Å²) >= 11 is -1.01. The number of allylic oxidation sites excluding steroid dienone is 2. The topological polar surface area (TPSA) is 0 Å². The Labute approximate surface area is 321 Å². The van der Waals surface area contributed by atoms with Gasteiger partial charge in [-0.05, 0) is 0 Å². The zero-order valence-corrected chi connectivity index (χ0v) is 35.2. The summed E-state index contributed by atoms with van der Waals surface area (Å²) in [4.78, 5) is 0. The summed E-state index contributed by atoms with van der Waals surface area (Å²) < 4.78 is 1.21. The third kappa shape index (κ3) is 8.01. The second-order valence-electron chi connectivity index (χ2n) is 16.4. The number of hydrogen-bond donors (Lipinski definition) is 0. The Bertz CT molecular complexity index is 1830. The first-order valence-electron chi connectivity index (χ1n) is 17.9. The van der Waals surface area contributed by atoms with Gasteiger partial charge < -0.3 is 24.8 Å². The van der Waals surface area contributed by atoms with E-state index in [1.54, 1.807) is 22.3 Å². The van der Waals surface area contributed by atoms with Crippen molar-refractivity contribution in [3.63, 3.8) is 0 Å². The molecule has 0 fully saturated rings. The number of benzene rings is 4. The first kappa shape index (κ1) is 39.6. The minimum Gasteiger partial charge on any atom is -1.00 e. The molecule has 2 atom stereocenters. The van der Waals surface area contributed by atoms with Crippen LogP contribution in [-0.4, -0.2) is 0 Å². The van der Waals surface area contributed by atoms with E-state index in [4.69, 9.17) is 0 Å². The van der Waals surface area contributed by atoms with E-state index in [1.165, 1.54) is 69.3 Å². The molecule has 0 N–H and O–H groups in total. The van der Waals surface area contributed by atoms with Crippen molar-refractivity contribution in [2.45, 2.75) is 107 Å². The Hall–Kier alpha value is -2.18. The fraction of sp³-hybridized carbons (Fsp3) is 0.391. The van der Waals surface area contributed by atoms with Gasteiger partial charge in [0.1, 0.15) is 0 Å². The van der Waals surface area contributed by atoms with Gasteiger partial charge in [-0.2, -0.15) is 0 Å². The first-order valence-corrected chi connectivity index (χ1v) is 20.8. The molecule has 0 saturated heterocycles. The van der Waals surface area contributed by atoms with E-state index in [9.17, 15) is 0 Å². The van der Waals surface area contributed by atoms with E-state index in [-0.39, 0.29) is 35.6 Å². The van der Waals surface area contributed by atoms with Crippen LogP contribution >= 0.6 is 0 Å². The number of fused-ring (bicyclic) bond motifs is 2. The Morgan fingerprint density at radius 1 is 0.653 bits per heavy atom. The van der Waals surface area contributed by atoms with E-state index in [0.717, 1.165) is 0 Å². The Morgan fingerprint density at radius 3 is 1.71 bits per heavy atom. The van der Waals surface area contributed by atoms with E-state index in [0.29, 0.717) is 13.2 Å². The summed E-state index contributed by atoms with van der Waals surface area (Å²) in [5, 5.41) is 0. The maximum atomic E-state index is 2.64. The molecule has 2 aliphatic carbocycles. The fourth-order valence-corrected chi connectivity index (χ4v) is 13.4. The van der Waals surface area contributed by atoms with Crippen LogP contribution in [0, 0.1) is 12.8 Å². The van der Waals surface area contributed by atoms with Crippen molar-refractivity contribution >= 4 is 12.2 Å². The molecule has 4 aromatic rings. The summed E-state index contributed by atoms with van der Waals surface area (Å²) in [6.45, 7) is 23.4. The van der Waals surface area contributed by atoms with E-state index < -0.39 is 23.2 Å². The van der Waals surface area contributed by atoms with Gasteiger partial charge in [-0.1, -0.05) is 0 Å². The molecular weight excluding hydrogens is 715 g/mol. The molecule has 0 aliphatic heterocycles. The van der Waals surface area contributed by atoms with Gasteiger partial charge in [-0.3, -0.25) is 0 Å². The van der Waals surface area contributed by atoms with Crippen LogP contribution in [0.2, 0.25) is 0 Å². The summed E-state index contributed by atoms with van der Waals surface area (Å²) in [6, 6.07) is 30.7. The zero-order valence-electron chi connectivity index (χ0n) is 31.3. The molecule has 3 heteroatoms. The molecule has 49 heavy (non-hydrogen) atoms. The number of hydrogen-bond acceptors (Lipinski definition) is 0. The largest absolute Gasteiger partial charge is 1.00 e. The van der Waals surface area contributed by atoms with Gasteiger partial charge in [0, 0.05) is 0 Å². The van der Waals surface area contributed by atoms with Crippen LogP contribution in [0.25, 0.3) is 34.4 Å². The molecule has 0 amide bonds. The van der Waals surface area contributed by atoms with Gasteiger partial charge in [-0.15, -0.1) is 0 Å². The van der Waals surface area contributed by atoms with E-state index in [2.05, 4.69) is 160 Å². The molecule has 2 unspecified atom stereocenters. The van der Waals surface area contributed by atoms with Crippen LogP contribution < -0.4 is 24.8 Å². The van der Waals surface area contributed by atoms with Crippen molar-refractivity contribution < 1.29 is 48.0 Å². The van der Waals surface area contributed by atoms with Crippen LogP contribution in [0.3, 0.4) is 0 Å². The van der Waals surface area contributed by atoms with Gasteiger partial charge in [-0.25, -0.2) is 0 Å². The average Bonchev–Trinajstić information content (AvgIpc) is 3.59. The van der Waals surface area contributed by atoms with Crippen LogP contribution in [0.5, 0.6) is 0 Å². The monoisotopic (exact) mass is 766 g/mol. The van der Waals surface area contributed by atoms with E-state index >= 15 is 0 Å².